The molecule has 0 aromatic heterocycles. The van der Waals surface area contributed by atoms with Gasteiger partial charge in [0.05, 0.1) is 14.2 Å². The summed E-state index contributed by atoms with van der Waals surface area (Å²) in [6, 6.07) is 1.30. The Morgan fingerprint density at radius 2 is 2.00 bits per heavy atom. The van der Waals surface area contributed by atoms with Crippen LogP contribution in [-0.2, 0) is 10.3 Å². The van der Waals surface area contributed by atoms with E-state index in [4.69, 9.17) is 9.47 Å². The van der Waals surface area contributed by atoms with Crippen LogP contribution >= 0.6 is 15.9 Å². The van der Waals surface area contributed by atoms with E-state index in [2.05, 4.69) is 20.9 Å². The standard InChI is InChI=1S/C12H11BrFNO3/c1-17-10-7(12(3-4-12)15-6-16)5-8(14)11(18-2)9(10)13/h5H,3-4H2,1-2H3. The van der Waals surface area contributed by atoms with Crippen LogP contribution < -0.4 is 9.47 Å². The quantitative estimate of drug-likeness (QED) is 0.634. The molecule has 0 bridgehead atoms. The summed E-state index contributed by atoms with van der Waals surface area (Å²) in [6.45, 7) is 0. The highest BCUT2D eigenvalue weighted by molar-refractivity contribution is 9.10. The van der Waals surface area contributed by atoms with Crippen LogP contribution in [0, 0.1) is 5.82 Å². The number of nitrogens with zero attached hydrogens (tertiary/aromatic N) is 1. The van der Waals surface area contributed by atoms with Gasteiger partial charge < -0.3 is 9.47 Å². The molecule has 1 saturated carbocycles. The minimum Gasteiger partial charge on any atom is -0.495 e. The monoisotopic (exact) mass is 315 g/mol. The van der Waals surface area contributed by atoms with Gasteiger partial charge in [-0.1, -0.05) is 0 Å². The van der Waals surface area contributed by atoms with Gasteiger partial charge in [-0.2, -0.15) is 4.99 Å². The van der Waals surface area contributed by atoms with E-state index in [9.17, 15) is 9.18 Å². The van der Waals surface area contributed by atoms with Crippen LogP contribution in [-0.4, -0.2) is 20.3 Å². The van der Waals surface area contributed by atoms with E-state index in [-0.39, 0.29) is 5.75 Å². The van der Waals surface area contributed by atoms with Crippen LogP contribution in [0.5, 0.6) is 11.5 Å². The first-order chi connectivity index (χ1) is 8.59. The van der Waals surface area contributed by atoms with Gasteiger partial charge in [-0.3, -0.25) is 0 Å². The Morgan fingerprint density at radius 1 is 1.39 bits per heavy atom. The Bertz CT molecular complexity index is 537. The summed E-state index contributed by atoms with van der Waals surface area (Å²) >= 11 is 3.24. The summed E-state index contributed by atoms with van der Waals surface area (Å²) in [6.07, 6.45) is 2.89. The maximum Gasteiger partial charge on any atom is 0.235 e. The number of hydrogen-bond acceptors (Lipinski definition) is 4. The second-order valence-electron chi connectivity index (χ2n) is 4.02. The first-order valence-electron chi connectivity index (χ1n) is 5.29. The van der Waals surface area contributed by atoms with E-state index in [1.54, 1.807) is 0 Å². The molecule has 1 fully saturated rings. The Balaban J connectivity index is 2.65. The molecular weight excluding hydrogens is 305 g/mol. The van der Waals surface area contributed by atoms with E-state index in [0.717, 1.165) is 0 Å². The molecule has 1 aromatic rings. The van der Waals surface area contributed by atoms with Crippen LogP contribution in [0.15, 0.2) is 15.5 Å². The smallest absolute Gasteiger partial charge is 0.235 e. The van der Waals surface area contributed by atoms with Crippen LogP contribution in [0.1, 0.15) is 18.4 Å². The van der Waals surface area contributed by atoms with E-state index >= 15 is 0 Å². The molecule has 18 heavy (non-hydrogen) atoms. The van der Waals surface area contributed by atoms with Crippen molar-refractivity contribution in [2.75, 3.05) is 14.2 Å². The SMILES string of the molecule is COc1c(F)cc(C2(N=C=O)CC2)c(OC)c1Br. The van der Waals surface area contributed by atoms with Gasteiger partial charge in [-0.15, -0.1) is 0 Å². The lowest BCUT2D eigenvalue weighted by Crippen LogP contribution is -2.07. The fraction of sp³-hybridized carbons (Fsp3) is 0.417. The Morgan fingerprint density at radius 3 is 2.44 bits per heavy atom. The molecule has 6 heteroatoms. The van der Waals surface area contributed by atoms with Crippen molar-refractivity contribution in [3.63, 3.8) is 0 Å². The summed E-state index contributed by atoms with van der Waals surface area (Å²) < 4.78 is 24.5. The van der Waals surface area contributed by atoms with Gasteiger partial charge in [0.15, 0.2) is 11.6 Å². The fourth-order valence-corrected chi connectivity index (χ4v) is 2.69. The second kappa shape index (κ2) is 4.71. The average Bonchev–Trinajstić information content (AvgIpc) is 3.10. The molecule has 0 aliphatic heterocycles. The molecule has 0 amide bonds. The first kappa shape index (κ1) is 13.1. The normalized spacial score (nSPS) is 15.8. The second-order valence-corrected chi connectivity index (χ2v) is 4.81. The van der Waals surface area contributed by atoms with E-state index in [0.29, 0.717) is 28.6 Å². The molecule has 1 aromatic carbocycles. The van der Waals surface area contributed by atoms with Crippen molar-refractivity contribution in [2.45, 2.75) is 18.4 Å². The number of ether oxygens (including phenoxy) is 2. The average molecular weight is 316 g/mol. The summed E-state index contributed by atoms with van der Waals surface area (Å²) in [5.74, 6) is -0.0150. The molecule has 4 nitrogen and oxygen atoms in total. The highest BCUT2D eigenvalue weighted by Gasteiger charge is 2.48. The predicted molar refractivity (Wildman–Crippen MR) is 66.2 cm³/mol. The van der Waals surface area contributed by atoms with E-state index in [1.807, 2.05) is 0 Å². The van der Waals surface area contributed by atoms with E-state index in [1.165, 1.54) is 26.4 Å². The van der Waals surface area contributed by atoms with Gasteiger partial charge in [0.1, 0.15) is 15.8 Å². The highest BCUT2D eigenvalue weighted by atomic mass is 79.9. The number of halogens is 2. The maximum absolute atomic E-state index is 13.9. The molecule has 0 saturated heterocycles. The molecule has 0 atom stereocenters. The Labute approximate surface area is 112 Å². The summed E-state index contributed by atoms with van der Waals surface area (Å²) in [5.41, 5.74) is -0.151. The number of isocyanates is 1. The van der Waals surface area contributed by atoms with Crippen molar-refractivity contribution in [3.05, 3.63) is 21.9 Å². The third-order valence-corrected chi connectivity index (χ3v) is 3.74. The molecule has 1 aliphatic carbocycles. The summed E-state index contributed by atoms with van der Waals surface area (Å²) in [4.78, 5) is 14.2. The number of aliphatic imine (C=N–C) groups is 1. The van der Waals surface area contributed by atoms with Gasteiger partial charge in [-0.05, 0) is 34.8 Å². The van der Waals surface area contributed by atoms with Crippen molar-refractivity contribution in [2.24, 2.45) is 4.99 Å². The minimum absolute atomic E-state index is 0.0708. The molecule has 0 N–H and O–H groups in total. The third-order valence-electron chi connectivity index (χ3n) is 3.02. The molecule has 1 aliphatic rings. The zero-order valence-electron chi connectivity index (χ0n) is 9.92. The lowest BCUT2D eigenvalue weighted by molar-refractivity contribution is 0.364. The first-order valence-corrected chi connectivity index (χ1v) is 6.08. The number of hydrogen-bond donors (Lipinski definition) is 0. The van der Waals surface area contributed by atoms with Crippen molar-refractivity contribution < 1.29 is 18.7 Å². The van der Waals surface area contributed by atoms with Crippen LogP contribution in [0.3, 0.4) is 0 Å². The number of methoxy groups -OCH3 is 2. The summed E-state index contributed by atoms with van der Waals surface area (Å²) in [7, 11) is 2.85. The minimum atomic E-state index is -0.692. The molecule has 2 rings (SSSR count). The molecule has 0 spiro atoms. The zero-order valence-corrected chi connectivity index (χ0v) is 11.5. The molecule has 0 unspecified atom stereocenters. The van der Waals surface area contributed by atoms with Crippen LogP contribution in [0.2, 0.25) is 0 Å². The summed E-state index contributed by atoms with van der Waals surface area (Å²) in [5, 5.41) is 0. The Kier molecular flexibility index (Phi) is 3.41. The molecule has 0 radical (unpaired) electrons. The predicted octanol–water partition coefficient (Wildman–Crippen LogP) is 2.93. The number of carbonyl (C=O) groups excluding carboxylic acids is 1. The topological polar surface area (TPSA) is 47.9 Å². The van der Waals surface area contributed by atoms with Crippen molar-refractivity contribution >= 4 is 22.0 Å². The zero-order chi connectivity index (χ0) is 13.3. The largest absolute Gasteiger partial charge is 0.495 e. The molecule has 96 valence electrons. The van der Waals surface area contributed by atoms with Crippen LogP contribution in [0.4, 0.5) is 4.39 Å². The number of rotatable bonds is 4. The van der Waals surface area contributed by atoms with Crippen LogP contribution in [0.25, 0.3) is 0 Å². The third kappa shape index (κ3) is 1.91. The lowest BCUT2D eigenvalue weighted by atomic mass is 10.0. The Hall–Kier alpha value is -1.39. The fourth-order valence-electron chi connectivity index (χ4n) is 1.96. The lowest BCUT2D eigenvalue weighted by Gasteiger charge is -2.17. The van der Waals surface area contributed by atoms with Gasteiger partial charge >= 0.3 is 0 Å². The van der Waals surface area contributed by atoms with Crippen molar-refractivity contribution in [1.82, 2.24) is 0 Å². The molecule has 0 heterocycles. The highest BCUT2D eigenvalue weighted by Crippen LogP contribution is 2.55. The van der Waals surface area contributed by atoms with Gasteiger partial charge in [-0.25, -0.2) is 9.18 Å². The van der Waals surface area contributed by atoms with Crippen molar-refractivity contribution in [3.8, 4) is 11.5 Å². The van der Waals surface area contributed by atoms with Gasteiger partial charge in [0.25, 0.3) is 0 Å². The maximum atomic E-state index is 13.9. The molecular formula is C12H11BrFNO3. The van der Waals surface area contributed by atoms with E-state index < -0.39 is 11.4 Å². The van der Waals surface area contributed by atoms with Gasteiger partial charge in [0, 0.05) is 5.56 Å². The van der Waals surface area contributed by atoms with Crippen molar-refractivity contribution in [1.29, 1.82) is 0 Å². The number of benzene rings is 1. The van der Waals surface area contributed by atoms with Gasteiger partial charge in [0.2, 0.25) is 6.08 Å².